The summed E-state index contributed by atoms with van der Waals surface area (Å²) in [6.07, 6.45) is 6.02. The Balaban J connectivity index is 1.91. The van der Waals surface area contributed by atoms with E-state index in [-0.39, 0.29) is 11.9 Å². The first-order valence-corrected chi connectivity index (χ1v) is 9.36. The molecule has 0 aliphatic heterocycles. The maximum atomic E-state index is 6.17. The monoisotopic (exact) mass is 366 g/mol. The van der Waals surface area contributed by atoms with Crippen molar-refractivity contribution >= 4 is 12.2 Å². The minimum atomic E-state index is -0.302. The third kappa shape index (κ3) is 7.32. The Hall–Kier alpha value is -2.52. The van der Waals surface area contributed by atoms with Gasteiger partial charge in [-0.05, 0) is 62.6 Å². The maximum absolute atomic E-state index is 6.17. The Morgan fingerprint density at radius 3 is 2.22 bits per heavy atom. The average Bonchev–Trinajstić information content (AvgIpc) is 2.63. The van der Waals surface area contributed by atoms with Crippen molar-refractivity contribution in [2.75, 3.05) is 6.61 Å². The molecule has 144 valence electrons. The van der Waals surface area contributed by atoms with Gasteiger partial charge in [-0.1, -0.05) is 49.1 Å². The summed E-state index contributed by atoms with van der Waals surface area (Å²) in [5.74, 6) is 0.866. The summed E-state index contributed by atoms with van der Waals surface area (Å²) >= 11 is 0. The number of ether oxygens (including phenoxy) is 3. The average molecular weight is 367 g/mol. The zero-order valence-corrected chi connectivity index (χ0v) is 16.8. The molecule has 0 fully saturated rings. The quantitative estimate of drug-likeness (QED) is 0.376. The van der Waals surface area contributed by atoms with Crippen molar-refractivity contribution in [2.45, 2.75) is 46.0 Å². The van der Waals surface area contributed by atoms with Gasteiger partial charge in [0.05, 0.1) is 6.26 Å². The molecular formula is C24H30O3. The van der Waals surface area contributed by atoms with Gasteiger partial charge in [0.15, 0.2) is 6.29 Å². The van der Waals surface area contributed by atoms with E-state index in [1.807, 2.05) is 50.3 Å². The van der Waals surface area contributed by atoms with Gasteiger partial charge < -0.3 is 14.2 Å². The molecule has 3 heteroatoms. The maximum Gasteiger partial charge on any atom is 0.196 e. The van der Waals surface area contributed by atoms with Crippen molar-refractivity contribution in [3.05, 3.63) is 78.1 Å². The van der Waals surface area contributed by atoms with Gasteiger partial charge in [-0.3, -0.25) is 0 Å². The Morgan fingerprint density at radius 2 is 1.63 bits per heavy atom. The van der Waals surface area contributed by atoms with Gasteiger partial charge >= 0.3 is 0 Å². The molecule has 2 aromatic rings. The molecule has 0 saturated carbocycles. The normalized spacial score (nSPS) is 12.7. The van der Waals surface area contributed by atoms with Crippen molar-refractivity contribution in [1.29, 1.82) is 0 Å². The van der Waals surface area contributed by atoms with Gasteiger partial charge in [0, 0.05) is 13.0 Å². The summed E-state index contributed by atoms with van der Waals surface area (Å²) in [6.45, 7) is 12.4. The van der Waals surface area contributed by atoms with Crippen LogP contribution in [-0.2, 0) is 15.9 Å². The minimum absolute atomic E-state index is 0.232. The Morgan fingerprint density at radius 1 is 1.00 bits per heavy atom. The molecule has 0 aliphatic rings. The van der Waals surface area contributed by atoms with E-state index in [1.54, 1.807) is 6.26 Å². The lowest BCUT2D eigenvalue weighted by Crippen LogP contribution is -2.30. The van der Waals surface area contributed by atoms with Gasteiger partial charge in [-0.15, -0.1) is 0 Å². The van der Waals surface area contributed by atoms with Gasteiger partial charge in [-0.2, -0.15) is 0 Å². The predicted molar refractivity (Wildman–Crippen MR) is 113 cm³/mol. The van der Waals surface area contributed by atoms with Crippen molar-refractivity contribution in [3.8, 4) is 5.75 Å². The molecule has 1 unspecified atom stereocenters. The van der Waals surface area contributed by atoms with E-state index < -0.39 is 0 Å². The topological polar surface area (TPSA) is 27.7 Å². The second-order valence-electron chi connectivity index (χ2n) is 7.02. The molecular weight excluding hydrogens is 336 g/mol. The Labute approximate surface area is 163 Å². The first-order valence-electron chi connectivity index (χ1n) is 9.36. The fraction of sp³-hybridized carbons (Fsp3) is 0.333. The van der Waals surface area contributed by atoms with E-state index in [9.17, 15) is 0 Å². The summed E-state index contributed by atoms with van der Waals surface area (Å²) in [6, 6.07) is 16.4. The van der Waals surface area contributed by atoms with Gasteiger partial charge in [0.2, 0.25) is 0 Å². The molecule has 2 aromatic carbocycles. The van der Waals surface area contributed by atoms with E-state index in [4.69, 9.17) is 14.2 Å². The summed E-state index contributed by atoms with van der Waals surface area (Å²) in [7, 11) is 0. The minimum Gasteiger partial charge on any atom is -0.488 e. The van der Waals surface area contributed by atoms with Crippen LogP contribution in [0.3, 0.4) is 0 Å². The van der Waals surface area contributed by atoms with E-state index in [2.05, 4.69) is 44.7 Å². The van der Waals surface area contributed by atoms with E-state index in [0.29, 0.717) is 6.61 Å². The molecule has 2 rings (SSSR count). The van der Waals surface area contributed by atoms with E-state index >= 15 is 0 Å². The summed E-state index contributed by atoms with van der Waals surface area (Å²) in [5, 5.41) is 0. The summed E-state index contributed by atoms with van der Waals surface area (Å²) in [5.41, 5.74) is 3.09. The van der Waals surface area contributed by atoms with Crippen LogP contribution < -0.4 is 4.74 Å². The molecule has 3 nitrogen and oxygen atoms in total. The number of benzene rings is 2. The Bertz CT molecular complexity index is 727. The highest BCUT2D eigenvalue weighted by atomic mass is 16.7. The number of hydrogen-bond acceptors (Lipinski definition) is 3. The Kier molecular flexibility index (Phi) is 7.68. The third-order valence-electron chi connectivity index (χ3n) is 4.05. The molecule has 0 amide bonds. The highest BCUT2D eigenvalue weighted by Crippen LogP contribution is 2.23. The smallest absolute Gasteiger partial charge is 0.196 e. The lowest BCUT2D eigenvalue weighted by atomic mass is 9.97. The molecule has 0 aromatic heterocycles. The molecule has 27 heavy (non-hydrogen) atoms. The van der Waals surface area contributed by atoms with E-state index in [0.717, 1.165) is 23.3 Å². The lowest BCUT2D eigenvalue weighted by molar-refractivity contribution is -0.0874. The fourth-order valence-electron chi connectivity index (χ4n) is 2.77. The molecule has 1 atom stereocenters. The van der Waals surface area contributed by atoms with Gasteiger partial charge in [0.1, 0.15) is 11.4 Å². The van der Waals surface area contributed by atoms with Crippen LogP contribution in [0.2, 0.25) is 0 Å². The van der Waals surface area contributed by atoms with Crippen LogP contribution in [0.5, 0.6) is 5.75 Å². The van der Waals surface area contributed by atoms with Crippen molar-refractivity contribution in [3.63, 3.8) is 0 Å². The largest absolute Gasteiger partial charge is 0.488 e. The van der Waals surface area contributed by atoms with Crippen LogP contribution in [0.4, 0.5) is 0 Å². The van der Waals surface area contributed by atoms with Crippen LogP contribution in [0.1, 0.15) is 44.4 Å². The second-order valence-corrected chi connectivity index (χ2v) is 7.02. The van der Waals surface area contributed by atoms with Crippen molar-refractivity contribution in [2.24, 2.45) is 0 Å². The van der Waals surface area contributed by atoms with Crippen LogP contribution in [0.25, 0.3) is 12.2 Å². The van der Waals surface area contributed by atoms with Crippen LogP contribution in [0.15, 0.2) is 61.4 Å². The molecule has 0 spiro atoms. The lowest BCUT2D eigenvalue weighted by Gasteiger charge is -2.27. The highest BCUT2D eigenvalue weighted by molar-refractivity contribution is 5.49. The SMILES string of the molecule is C=Cc1ccc(OC(C)(C)Cc2ccc(C=COC(C)OCC)cc2)cc1. The third-order valence-corrected chi connectivity index (χ3v) is 4.05. The molecule has 0 radical (unpaired) electrons. The highest BCUT2D eigenvalue weighted by Gasteiger charge is 2.20. The molecule has 0 N–H and O–H groups in total. The van der Waals surface area contributed by atoms with Crippen LogP contribution in [0, 0.1) is 0 Å². The van der Waals surface area contributed by atoms with Crippen LogP contribution >= 0.6 is 0 Å². The molecule has 0 heterocycles. The van der Waals surface area contributed by atoms with Gasteiger partial charge in [0.25, 0.3) is 0 Å². The van der Waals surface area contributed by atoms with E-state index in [1.165, 1.54) is 5.56 Å². The molecule has 0 bridgehead atoms. The second kappa shape index (κ2) is 9.98. The predicted octanol–water partition coefficient (Wildman–Crippen LogP) is 6.10. The number of rotatable bonds is 10. The zero-order valence-electron chi connectivity index (χ0n) is 16.8. The van der Waals surface area contributed by atoms with Crippen molar-refractivity contribution < 1.29 is 14.2 Å². The molecule has 0 aliphatic carbocycles. The standard InChI is InChI=1S/C24H30O3/c1-6-20-12-14-23(15-13-20)27-24(4,5)18-22-10-8-21(9-11-22)16-17-26-19(3)25-7-2/h6,8-17,19H,1,7,18H2,2-5H3. The fourth-order valence-corrected chi connectivity index (χ4v) is 2.77. The van der Waals surface area contributed by atoms with Gasteiger partial charge in [-0.25, -0.2) is 0 Å². The first kappa shape index (κ1) is 20.8. The summed E-state index contributed by atoms with van der Waals surface area (Å²) in [4.78, 5) is 0. The first-order chi connectivity index (χ1) is 12.9. The molecule has 0 saturated heterocycles. The summed E-state index contributed by atoms with van der Waals surface area (Å²) < 4.78 is 16.9. The zero-order chi connectivity index (χ0) is 19.7. The number of hydrogen-bond donors (Lipinski definition) is 0. The van der Waals surface area contributed by atoms with Crippen LogP contribution in [-0.4, -0.2) is 18.5 Å². The van der Waals surface area contributed by atoms with Crippen molar-refractivity contribution in [1.82, 2.24) is 0 Å².